The molecule has 2 fully saturated rings. The smallest absolute Gasteiger partial charge is 0.317 e. The molecule has 114 valence electrons. The average Bonchev–Trinajstić information content (AvgIpc) is 2.74. The highest BCUT2D eigenvalue weighted by molar-refractivity contribution is 7.91. The van der Waals surface area contributed by atoms with Gasteiger partial charge in [-0.25, -0.2) is 13.2 Å². The fraction of sp³-hybridized carbons (Fsp3) is 0.833. The van der Waals surface area contributed by atoms with Crippen molar-refractivity contribution in [3.63, 3.8) is 0 Å². The molecule has 2 atom stereocenters. The van der Waals surface area contributed by atoms with Crippen molar-refractivity contribution in [2.24, 2.45) is 5.92 Å². The number of nitrogens with zero attached hydrogens (tertiary/aromatic N) is 1. The molecule has 2 aliphatic rings. The van der Waals surface area contributed by atoms with Crippen LogP contribution in [0.3, 0.4) is 0 Å². The van der Waals surface area contributed by atoms with Crippen LogP contribution in [0.5, 0.6) is 0 Å². The molecular weight excluding hydrogens is 284 g/mol. The van der Waals surface area contributed by atoms with E-state index in [1.807, 2.05) is 0 Å². The maximum atomic E-state index is 12.1. The van der Waals surface area contributed by atoms with Gasteiger partial charge in [0.2, 0.25) is 0 Å². The highest BCUT2D eigenvalue weighted by Gasteiger charge is 2.32. The van der Waals surface area contributed by atoms with Crippen LogP contribution >= 0.6 is 0 Å². The summed E-state index contributed by atoms with van der Waals surface area (Å²) in [6, 6.07) is -0.401. The van der Waals surface area contributed by atoms with Crippen molar-refractivity contribution in [1.82, 2.24) is 10.2 Å². The van der Waals surface area contributed by atoms with E-state index in [0.29, 0.717) is 32.2 Å². The second kappa shape index (κ2) is 5.99. The zero-order chi connectivity index (χ0) is 14.8. The molecule has 1 aliphatic heterocycles. The molecule has 0 aromatic carbocycles. The van der Waals surface area contributed by atoms with Crippen LogP contribution in [0.1, 0.15) is 25.7 Å². The monoisotopic (exact) mass is 304 g/mol. The first-order chi connectivity index (χ1) is 9.37. The second-order valence-electron chi connectivity index (χ2n) is 5.49. The van der Waals surface area contributed by atoms with E-state index in [0.717, 1.165) is 0 Å². The van der Waals surface area contributed by atoms with Gasteiger partial charge in [0, 0.05) is 19.1 Å². The predicted molar refractivity (Wildman–Crippen MR) is 72.1 cm³/mol. The largest absolute Gasteiger partial charge is 0.481 e. The molecule has 0 radical (unpaired) electrons. The number of carbonyl (C=O) groups excluding carboxylic acids is 1. The third-order valence-electron chi connectivity index (χ3n) is 3.95. The molecule has 1 aliphatic carbocycles. The van der Waals surface area contributed by atoms with E-state index in [9.17, 15) is 18.0 Å². The molecule has 0 spiro atoms. The lowest BCUT2D eigenvalue weighted by Gasteiger charge is -2.23. The molecule has 0 unspecified atom stereocenters. The number of nitrogens with one attached hydrogen (secondary N) is 1. The summed E-state index contributed by atoms with van der Waals surface area (Å²) in [6.07, 6.45) is 2.15. The highest BCUT2D eigenvalue weighted by Crippen LogP contribution is 2.25. The summed E-state index contributed by atoms with van der Waals surface area (Å²) in [5.74, 6) is -1.07. The van der Waals surface area contributed by atoms with E-state index in [4.69, 9.17) is 5.11 Å². The summed E-state index contributed by atoms with van der Waals surface area (Å²) < 4.78 is 23.0. The van der Waals surface area contributed by atoms with Crippen molar-refractivity contribution in [1.29, 1.82) is 0 Å². The fourth-order valence-electron chi connectivity index (χ4n) is 2.74. The molecule has 7 nitrogen and oxygen atoms in total. The number of amides is 2. The Hall–Kier alpha value is -1.31. The molecular formula is C12H20N2O5S. The van der Waals surface area contributed by atoms with Crippen LogP contribution in [0.15, 0.2) is 0 Å². The van der Waals surface area contributed by atoms with Crippen LogP contribution in [0.4, 0.5) is 4.79 Å². The fourth-order valence-corrected chi connectivity index (χ4v) is 4.02. The quantitative estimate of drug-likeness (QED) is 0.751. The topological polar surface area (TPSA) is 104 Å². The predicted octanol–water partition coefficient (Wildman–Crippen LogP) is 0.0698. The molecule has 20 heavy (non-hydrogen) atoms. The number of rotatable bonds is 2. The minimum Gasteiger partial charge on any atom is -0.481 e. The van der Waals surface area contributed by atoms with Gasteiger partial charge in [0.25, 0.3) is 0 Å². The summed E-state index contributed by atoms with van der Waals surface area (Å²) in [6.45, 7) is 0.642. The van der Waals surface area contributed by atoms with E-state index in [-0.39, 0.29) is 36.0 Å². The van der Waals surface area contributed by atoms with Crippen LogP contribution in [0.2, 0.25) is 0 Å². The first-order valence-corrected chi connectivity index (χ1v) is 8.68. The molecule has 0 aromatic heterocycles. The molecule has 1 heterocycles. The number of hydrogen-bond donors (Lipinski definition) is 2. The molecule has 1 saturated heterocycles. The van der Waals surface area contributed by atoms with Crippen molar-refractivity contribution in [3.05, 3.63) is 0 Å². The van der Waals surface area contributed by atoms with Gasteiger partial charge in [-0.1, -0.05) is 0 Å². The Labute approximate surface area is 118 Å². The SMILES string of the molecule is O=C(O)[C@@H]1CC[C@H](NC(=O)N2CCCS(=O)(=O)CC2)C1. The summed E-state index contributed by atoms with van der Waals surface area (Å²) in [5, 5.41) is 11.7. The Morgan fingerprint density at radius 1 is 1.15 bits per heavy atom. The zero-order valence-electron chi connectivity index (χ0n) is 11.2. The van der Waals surface area contributed by atoms with Crippen molar-refractivity contribution < 1.29 is 23.1 Å². The van der Waals surface area contributed by atoms with E-state index in [2.05, 4.69) is 5.32 Å². The molecule has 0 bridgehead atoms. The number of carbonyl (C=O) groups is 2. The second-order valence-corrected chi connectivity index (χ2v) is 7.79. The molecule has 8 heteroatoms. The normalized spacial score (nSPS) is 29.7. The van der Waals surface area contributed by atoms with Crippen LogP contribution in [0, 0.1) is 5.92 Å². The summed E-state index contributed by atoms with van der Waals surface area (Å²) in [4.78, 5) is 24.4. The minimum atomic E-state index is -3.03. The van der Waals surface area contributed by atoms with Crippen LogP contribution in [0.25, 0.3) is 0 Å². The van der Waals surface area contributed by atoms with Crippen molar-refractivity contribution >= 4 is 21.8 Å². The van der Waals surface area contributed by atoms with Gasteiger partial charge in [-0.05, 0) is 25.7 Å². The zero-order valence-corrected chi connectivity index (χ0v) is 12.1. The first kappa shape index (κ1) is 15.1. The Balaban J connectivity index is 1.85. The Morgan fingerprint density at radius 2 is 1.90 bits per heavy atom. The number of carboxylic acids is 1. The molecule has 2 N–H and O–H groups in total. The number of carboxylic acid groups (broad SMARTS) is 1. The lowest BCUT2D eigenvalue weighted by Crippen LogP contribution is -2.45. The lowest BCUT2D eigenvalue weighted by molar-refractivity contribution is -0.141. The Morgan fingerprint density at radius 3 is 2.55 bits per heavy atom. The summed E-state index contributed by atoms with van der Waals surface area (Å²) in [5.41, 5.74) is 0. The van der Waals surface area contributed by atoms with Gasteiger partial charge in [0.15, 0.2) is 9.84 Å². The maximum absolute atomic E-state index is 12.1. The molecule has 0 aromatic rings. The van der Waals surface area contributed by atoms with Crippen molar-refractivity contribution in [2.75, 3.05) is 24.6 Å². The van der Waals surface area contributed by atoms with Crippen molar-refractivity contribution in [2.45, 2.75) is 31.7 Å². The number of sulfone groups is 1. The van der Waals surface area contributed by atoms with Gasteiger partial charge in [0.05, 0.1) is 17.4 Å². The van der Waals surface area contributed by atoms with Gasteiger partial charge < -0.3 is 15.3 Å². The minimum absolute atomic E-state index is 0.00282. The Kier molecular flexibility index (Phi) is 4.52. The molecule has 1 saturated carbocycles. The van der Waals surface area contributed by atoms with Crippen LogP contribution in [-0.4, -0.2) is 61.1 Å². The number of urea groups is 1. The van der Waals surface area contributed by atoms with Gasteiger partial charge in [-0.3, -0.25) is 4.79 Å². The van der Waals surface area contributed by atoms with Gasteiger partial charge in [0.1, 0.15) is 0 Å². The van der Waals surface area contributed by atoms with E-state index in [1.165, 1.54) is 4.90 Å². The van der Waals surface area contributed by atoms with Gasteiger partial charge >= 0.3 is 12.0 Å². The van der Waals surface area contributed by atoms with E-state index in [1.54, 1.807) is 0 Å². The number of aliphatic carboxylic acids is 1. The highest BCUT2D eigenvalue weighted by atomic mass is 32.2. The number of hydrogen-bond acceptors (Lipinski definition) is 4. The van der Waals surface area contributed by atoms with Gasteiger partial charge in [-0.2, -0.15) is 0 Å². The average molecular weight is 304 g/mol. The first-order valence-electron chi connectivity index (χ1n) is 6.86. The third kappa shape index (κ3) is 3.84. The van der Waals surface area contributed by atoms with E-state index >= 15 is 0 Å². The van der Waals surface area contributed by atoms with Crippen LogP contribution < -0.4 is 5.32 Å². The third-order valence-corrected chi connectivity index (χ3v) is 5.67. The van der Waals surface area contributed by atoms with Gasteiger partial charge in [-0.15, -0.1) is 0 Å². The Bertz CT molecular complexity index is 490. The van der Waals surface area contributed by atoms with Crippen LogP contribution in [-0.2, 0) is 14.6 Å². The lowest BCUT2D eigenvalue weighted by atomic mass is 10.1. The standard InChI is InChI=1S/C12H20N2O5S/c15-11(16)9-2-3-10(8-9)13-12(17)14-4-1-6-20(18,19)7-5-14/h9-10H,1-8H2,(H,13,17)(H,15,16)/t9-,10+/m1/s1. The maximum Gasteiger partial charge on any atom is 0.317 e. The summed E-state index contributed by atoms with van der Waals surface area (Å²) in [7, 11) is -3.03. The molecule has 2 rings (SSSR count). The molecule has 2 amide bonds. The summed E-state index contributed by atoms with van der Waals surface area (Å²) >= 11 is 0. The van der Waals surface area contributed by atoms with E-state index < -0.39 is 15.8 Å². The van der Waals surface area contributed by atoms with Crippen molar-refractivity contribution in [3.8, 4) is 0 Å².